The van der Waals surface area contributed by atoms with Gasteiger partial charge in [0.1, 0.15) is 5.82 Å². The molecule has 1 atom stereocenters. The Morgan fingerprint density at radius 3 is 2.79 bits per heavy atom. The van der Waals surface area contributed by atoms with Crippen LogP contribution in [0.3, 0.4) is 0 Å². The summed E-state index contributed by atoms with van der Waals surface area (Å²) in [5.74, 6) is 0.0917. The highest BCUT2D eigenvalue weighted by molar-refractivity contribution is 6.33. The summed E-state index contributed by atoms with van der Waals surface area (Å²) in [7, 11) is 6.02. The van der Waals surface area contributed by atoms with Crippen molar-refractivity contribution in [1.82, 2.24) is 19.4 Å². The van der Waals surface area contributed by atoms with Gasteiger partial charge in [-0.25, -0.2) is 14.4 Å². The average Bonchev–Trinajstić information content (AvgIpc) is 3.41. The SMILES string of the molecule is CN(C)[C@H]1CCN(c2ccc(Nc3ncc(Cl)c(-c4cn(C)c5c(F)cccc45)n3)cc2N)C1. The minimum atomic E-state index is -0.291. The summed E-state index contributed by atoms with van der Waals surface area (Å²) >= 11 is 6.45. The number of rotatable bonds is 5. The molecule has 0 amide bonds. The molecule has 34 heavy (non-hydrogen) atoms. The first-order valence-electron chi connectivity index (χ1n) is 11.2. The van der Waals surface area contributed by atoms with Gasteiger partial charge in [-0.05, 0) is 44.8 Å². The normalized spacial score (nSPS) is 16.1. The predicted molar refractivity (Wildman–Crippen MR) is 137 cm³/mol. The molecule has 1 aliphatic rings. The molecule has 1 aliphatic heterocycles. The molecule has 176 valence electrons. The molecule has 3 N–H and O–H groups in total. The molecule has 1 fully saturated rings. The maximum Gasteiger partial charge on any atom is 0.227 e. The second-order valence-corrected chi connectivity index (χ2v) is 9.34. The summed E-state index contributed by atoms with van der Waals surface area (Å²) in [4.78, 5) is 13.5. The third kappa shape index (κ3) is 4.03. The van der Waals surface area contributed by atoms with Crippen molar-refractivity contribution in [3.8, 4) is 11.3 Å². The van der Waals surface area contributed by atoms with Crippen LogP contribution in [0.5, 0.6) is 0 Å². The van der Waals surface area contributed by atoms with Gasteiger partial charge in [-0.15, -0.1) is 0 Å². The van der Waals surface area contributed by atoms with Crippen molar-refractivity contribution >= 4 is 45.5 Å². The molecule has 1 saturated heterocycles. The van der Waals surface area contributed by atoms with Crippen LogP contribution in [0.15, 0.2) is 48.8 Å². The number of aromatic nitrogens is 3. The Morgan fingerprint density at radius 2 is 2.06 bits per heavy atom. The highest BCUT2D eigenvalue weighted by atomic mass is 35.5. The van der Waals surface area contributed by atoms with Crippen LogP contribution in [0, 0.1) is 5.82 Å². The van der Waals surface area contributed by atoms with E-state index in [2.05, 4.69) is 39.2 Å². The first kappa shape index (κ1) is 22.4. The van der Waals surface area contributed by atoms with E-state index in [9.17, 15) is 4.39 Å². The fraction of sp³-hybridized carbons (Fsp3) is 0.280. The molecule has 0 spiro atoms. The second-order valence-electron chi connectivity index (χ2n) is 8.93. The molecular formula is C25H27ClFN7. The number of anilines is 4. The van der Waals surface area contributed by atoms with Crippen LogP contribution in [-0.2, 0) is 7.05 Å². The number of fused-ring (bicyclic) bond motifs is 1. The van der Waals surface area contributed by atoms with Crippen molar-refractivity contribution in [3.63, 3.8) is 0 Å². The molecule has 3 heterocycles. The second kappa shape index (κ2) is 8.77. The fourth-order valence-corrected chi connectivity index (χ4v) is 4.85. The number of nitrogens with two attached hydrogens (primary N) is 1. The number of hydrogen-bond donors (Lipinski definition) is 2. The summed E-state index contributed by atoms with van der Waals surface area (Å²) in [5.41, 5.74) is 10.7. The van der Waals surface area contributed by atoms with Gasteiger partial charge >= 0.3 is 0 Å². The molecule has 5 rings (SSSR count). The minimum Gasteiger partial charge on any atom is -0.397 e. The number of nitrogens with one attached hydrogen (secondary N) is 1. The van der Waals surface area contributed by atoms with E-state index in [1.165, 1.54) is 6.07 Å². The van der Waals surface area contributed by atoms with E-state index in [0.717, 1.165) is 41.8 Å². The number of nitrogen functional groups attached to an aromatic ring is 1. The van der Waals surface area contributed by atoms with Gasteiger partial charge in [-0.1, -0.05) is 23.7 Å². The number of nitrogens with zero attached hydrogens (tertiary/aromatic N) is 5. The minimum absolute atomic E-state index is 0.291. The molecule has 2 aromatic heterocycles. The van der Waals surface area contributed by atoms with Crippen molar-refractivity contribution in [2.45, 2.75) is 12.5 Å². The van der Waals surface area contributed by atoms with Crippen molar-refractivity contribution in [1.29, 1.82) is 0 Å². The number of halogens is 2. The zero-order chi connectivity index (χ0) is 24.0. The number of hydrogen-bond acceptors (Lipinski definition) is 6. The first-order valence-corrected chi connectivity index (χ1v) is 11.5. The maximum atomic E-state index is 14.4. The highest BCUT2D eigenvalue weighted by Crippen LogP contribution is 2.35. The summed E-state index contributed by atoms with van der Waals surface area (Å²) in [6.07, 6.45) is 4.50. The van der Waals surface area contributed by atoms with Crippen molar-refractivity contribution < 1.29 is 4.39 Å². The Hall–Kier alpha value is -3.36. The lowest BCUT2D eigenvalue weighted by molar-refractivity contribution is 0.315. The first-order chi connectivity index (χ1) is 16.3. The summed E-state index contributed by atoms with van der Waals surface area (Å²) < 4.78 is 16.1. The lowest BCUT2D eigenvalue weighted by Crippen LogP contribution is -2.31. The van der Waals surface area contributed by atoms with Crippen LogP contribution < -0.4 is 16.0 Å². The van der Waals surface area contributed by atoms with Crippen LogP contribution >= 0.6 is 11.6 Å². The molecule has 4 aromatic rings. The summed E-state index contributed by atoms with van der Waals surface area (Å²) in [5, 5.41) is 4.36. The van der Waals surface area contributed by atoms with Gasteiger partial charge in [0.2, 0.25) is 5.95 Å². The van der Waals surface area contributed by atoms with Gasteiger partial charge in [0.25, 0.3) is 0 Å². The van der Waals surface area contributed by atoms with E-state index in [1.54, 1.807) is 23.9 Å². The summed E-state index contributed by atoms with van der Waals surface area (Å²) in [6, 6.07) is 11.4. The Balaban J connectivity index is 1.42. The Morgan fingerprint density at radius 1 is 1.24 bits per heavy atom. The zero-order valence-electron chi connectivity index (χ0n) is 19.4. The van der Waals surface area contributed by atoms with Crippen molar-refractivity contribution in [3.05, 3.63) is 59.6 Å². The maximum absolute atomic E-state index is 14.4. The molecule has 2 aromatic carbocycles. The largest absolute Gasteiger partial charge is 0.397 e. The van der Waals surface area contributed by atoms with Gasteiger partial charge < -0.3 is 25.4 Å². The van der Waals surface area contributed by atoms with Crippen LogP contribution in [-0.4, -0.2) is 52.7 Å². The standard InChI is InChI=1S/C25H27ClFN7/c1-32(2)16-9-10-34(13-16)22-8-7-15(11-21(22)28)30-25-29-12-19(26)23(31-25)18-14-33(3)24-17(18)5-4-6-20(24)27/h4-8,11-12,14,16H,9-10,13,28H2,1-3H3,(H,29,30,31)/t16-/m0/s1. The topological polar surface area (TPSA) is 75.2 Å². The molecule has 7 nitrogen and oxygen atoms in total. The van der Waals surface area contributed by atoms with Gasteiger partial charge in [0, 0.05) is 49.0 Å². The monoisotopic (exact) mass is 479 g/mol. The molecule has 0 saturated carbocycles. The van der Waals surface area contributed by atoms with Gasteiger partial charge in [0.15, 0.2) is 0 Å². The average molecular weight is 480 g/mol. The predicted octanol–water partition coefficient (Wildman–Crippen LogP) is 4.89. The van der Waals surface area contributed by atoms with E-state index in [0.29, 0.717) is 33.9 Å². The van der Waals surface area contributed by atoms with Crippen LogP contribution in [0.4, 0.5) is 27.4 Å². The van der Waals surface area contributed by atoms with Gasteiger partial charge in [0.05, 0.1) is 33.8 Å². The quantitative estimate of drug-likeness (QED) is 0.397. The van der Waals surface area contributed by atoms with E-state index >= 15 is 0 Å². The molecule has 0 aliphatic carbocycles. The van der Waals surface area contributed by atoms with Gasteiger partial charge in [-0.2, -0.15) is 0 Å². The summed E-state index contributed by atoms with van der Waals surface area (Å²) in [6.45, 7) is 1.94. The molecular weight excluding hydrogens is 453 g/mol. The van der Waals surface area contributed by atoms with E-state index in [4.69, 9.17) is 17.3 Å². The van der Waals surface area contributed by atoms with Crippen molar-refractivity contribution in [2.24, 2.45) is 7.05 Å². The Bertz CT molecular complexity index is 1370. The number of para-hydroxylation sites is 1. The number of aryl methyl sites for hydroxylation is 1. The van der Waals surface area contributed by atoms with E-state index in [1.807, 2.05) is 30.5 Å². The number of likely N-dealkylation sites (N-methyl/N-ethyl adjacent to an activating group) is 1. The highest BCUT2D eigenvalue weighted by Gasteiger charge is 2.25. The third-order valence-corrected chi connectivity index (χ3v) is 6.75. The lowest BCUT2D eigenvalue weighted by Gasteiger charge is -2.23. The number of benzene rings is 2. The molecule has 9 heteroatoms. The van der Waals surface area contributed by atoms with Crippen molar-refractivity contribution in [2.75, 3.05) is 43.1 Å². The Kier molecular flexibility index (Phi) is 5.79. The lowest BCUT2D eigenvalue weighted by atomic mass is 10.1. The van der Waals surface area contributed by atoms with Gasteiger partial charge in [-0.3, -0.25) is 0 Å². The Labute approximate surface area is 203 Å². The zero-order valence-corrected chi connectivity index (χ0v) is 20.1. The van der Waals surface area contributed by atoms with E-state index in [-0.39, 0.29) is 5.82 Å². The third-order valence-electron chi connectivity index (χ3n) is 6.47. The van der Waals surface area contributed by atoms with Crippen LogP contribution in [0.2, 0.25) is 5.02 Å². The van der Waals surface area contributed by atoms with Crippen LogP contribution in [0.25, 0.3) is 22.2 Å². The van der Waals surface area contributed by atoms with Crippen LogP contribution in [0.1, 0.15) is 6.42 Å². The molecule has 0 radical (unpaired) electrons. The fourth-order valence-electron chi connectivity index (χ4n) is 4.66. The smallest absolute Gasteiger partial charge is 0.227 e. The molecule has 0 bridgehead atoms. The molecule has 0 unspecified atom stereocenters. The van der Waals surface area contributed by atoms with E-state index < -0.39 is 0 Å².